The molecule has 2 amide bonds. The zero-order valence-corrected chi connectivity index (χ0v) is 24.8. The van der Waals surface area contributed by atoms with E-state index in [9.17, 15) is 14.4 Å². The molecule has 4 atom stereocenters. The molecule has 4 saturated carbocycles. The molecule has 0 spiro atoms. The van der Waals surface area contributed by atoms with Crippen LogP contribution in [0.2, 0.25) is 0 Å². The lowest BCUT2D eigenvalue weighted by molar-refractivity contribution is -0.154. The largest absolute Gasteiger partial charge is 0.488 e. The zero-order chi connectivity index (χ0) is 28.9. The monoisotopic (exact) mass is 564 g/mol. The Morgan fingerprint density at radius 3 is 2.46 bits per heavy atom. The van der Waals surface area contributed by atoms with Crippen LogP contribution in [0.4, 0.5) is 0 Å². The van der Waals surface area contributed by atoms with E-state index in [1.165, 1.54) is 13.5 Å². The van der Waals surface area contributed by atoms with E-state index in [1.54, 1.807) is 10.9 Å². The summed E-state index contributed by atoms with van der Waals surface area (Å²) in [5.41, 5.74) is 1.08. The van der Waals surface area contributed by atoms with Gasteiger partial charge >= 0.3 is 5.97 Å². The highest BCUT2D eigenvalue weighted by atomic mass is 16.5. The Hall–Kier alpha value is -3.10. The van der Waals surface area contributed by atoms with Crippen LogP contribution < -0.4 is 15.4 Å². The standard InChI is InChI=1S/C32H44N4O5/c1-31(10-5-11-31)18-33-29(38)25-19-6-7-20(14-19)26(25)35-28(37)21-15-22-17-34-36(3)27(22)24(16-21)41-23-8-12-32(2,13-9-23)30(39)40-4/h15-17,19-20,23,25-26H,5-14,18H2,1-4H3,(H,33,38)(H,35,37)/t19-,20+,23-,25+,26-,32+/m1/s1. The second kappa shape index (κ2) is 10.6. The van der Waals surface area contributed by atoms with Gasteiger partial charge in [0, 0.05) is 30.6 Å². The summed E-state index contributed by atoms with van der Waals surface area (Å²) in [5, 5.41) is 11.8. The number of esters is 1. The van der Waals surface area contributed by atoms with Crippen LogP contribution in [0.3, 0.4) is 0 Å². The van der Waals surface area contributed by atoms with Gasteiger partial charge in [0.15, 0.2) is 0 Å². The fourth-order valence-corrected chi connectivity index (χ4v) is 7.96. The molecule has 2 N–H and O–H groups in total. The van der Waals surface area contributed by atoms with Crippen LogP contribution in [0, 0.1) is 28.6 Å². The average molecular weight is 565 g/mol. The van der Waals surface area contributed by atoms with E-state index in [2.05, 4.69) is 22.7 Å². The molecule has 4 aliphatic rings. The molecular formula is C32H44N4O5. The fourth-order valence-electron chi connectivity index (χ4n) is 7.96. The number of methoxy groups -OCH3 is 1. The van der Waals surface area contributed by atoms with E-state index in [0.717, 1.165) is 62.4 Å². The van der Waals surface area contributed by atoms with Crippen molar-refractivity contribution in [1.29, 1.82) is 0 Å². The molecular weight excluding hydrogens is 520 g/mol. The van der Waals surface area contributed by atoms with E-state index in [0.29, 0.717) is 36.0 Å². The summed E-state index contributed by atoms with van der Waals surface area (Å²) in [4.78, 5) is 39.4. The van der Waals surface area contributed by atoms with Gasteiger partial charge in [-0.05, 0) is 94.1 Å². The molecule has 2 bridgehead atoms. The molecule has 222 valence electrons. The lowest BCUT2D eigenvalue weighted by atomic mass is 9.70. The van der Waals surface area contributed by atoms with Crippen LogP contribution in [0.15, 0.2) is 18.3 Å². The van der Waals surface area contributed by atoms with E-state index in [4.69, 9.17) is 9.47 Å². The summed E-state index contributed by atoms with van der Waals surface area (Å²) in [6, 6.07) is 3.52. The van der Waals surface area contributed by atoms with Crippen LogP contribution in [-0.2, 0) is 21.4 Å². The van der Waals surface area contributed by atoms with Crippen LogP contribution in [0.5, 0.6) is 5.75 Å². The molecule has 9 nitrogen and oxygen atoms in total. The summed E-state index contributed by atoms with van der Waals surface area (Å²) in [5.74, 6) is 0.862. The smallest absolute Gasteiger partial charge is 0.311 e. The molecule has 41 heavy (non-hydrogen) atoms. The van der Waals surface area contributed by atoms with Gasteiger partial charge in [-0.25, -0.2) is 0 Å². The Morgan fingerprint density at radius 1 is 1.05 bits per heavy atom. The predicted octanol–water partition coefficient (Wildman–Crippen LogP) is 4.52. The predicted molar refractivity (Wildman–Crippen MR) is 154 cm³/mol. The summed E-state index contributed by atoms with van der Waals surface area (Å²) in [6.07, 6.45) is 11.2. The molecule has 6 rings (SSSR count). The zero-order valence-electron chi connectivity index (χ0n) is 24.8. The number of ether oxygens (including phenoxy) is 2. The van der Waals surface area contributed by atoms with Crippen molar-refractivity contribution in [1.82, 2.24) is 20.4 Å². The Bertz CT molecular complexity index is 1340. The molecule has 1 aromatic carbocycles. The topological polar surface area (TPSA) is 112 Å². The Kier molecular flexibility index (Phi) is 7.27. The van der Waals surface area contributed by atoms with Crippen molar-refractivity contribution in [2.45, 2.75) is 90.2 Å². The van der Waals surface area contributed by atoms with E-state index in [1.807, 2.05) is 26.1 Å². The number of fused-ring (bicyclic) bond motifs is 3. The maximum Gasteiger partial charge on any atom is 0.311 e. The normalized spacial score (nSPS) is 31.9. The SMILES string of the molecule is COC(=O)[C@]1(C)CC[C@H](Oc2cc(C(=O)N[C@@H]3[C@H]4CC[C@H](C4)[C@@H]3C(=O)NCC3(C)CCC3)cc3cnn(C)c23)CC1. The summed E-state index contributed by atoms with van der Waals surface area (Å²) in [6.45, 7) is 4.92. The van der Waals surface area contributed by atoms with Crippen LogP contribution in [-0.4, -0.2) is 53.4 Å². The molecule has 4 aliphatic carbocycles. The van der Waals surface area contributed by atoms with Crippen molar-refractivity contribution in [3.8, 4) is 5.75 Å². The third-order valence-electron chi connectivity index (χ3n) is 10.8. The van der Waals surface area contributed by atoms with Gasteiger partial charge in [0.25, 0.3) is 5.91 Å². The second-order valence-electron chi connectivity index (χ2n) is 13.8. The number of carbonyl (C=O) groups is 3. The minimum atomic E-state index is -0.489. The highest BCUT2D eigenvalue weighted by molar-refractivity contribution is 6.00. The van der Waals surface area contributed by atoms with Gasteiger partial charge in [0.2, 0.25) is 5.91 Å². The molecule has 1 aromatic heterocycles. The van der Waals surface area contributed by atoms with Crippen LogP contribution in [0.1, 0.15) is 88.4 Å². The first-order chi connectivity index (χ1) is 19.6. The lowest BCUT2D eigenvalue weighted by Gasteiger charge is -2.39. The summed E-state index contributed by atoms with van der Waals surface area (Å²) in [7, 11) is 3.30. The number of carbonyl (C=O) groups excluding carboxylic acids is 3. The van der Waals surface area contributed by atoms with Gasteiger partial charge in [0.1, 0.15) is 11.3 Å². The maximum absolute atomic E-state index is 13.7. The Balaban J connectivity index is 1.18. The quantitative estimate of drug-likeness (QED) is 0.456. The molecule has 0 radical (unpaired) electrons. The van der Waals surface area contributed by atoms with Crippen molar-refractivity contribution in [3.63, 3.8) is 0 Å². The number of hydrogen-bond donors (Lipinski definition) is 2. The number of benzene rings is 1. The number of rotatable bonds is 8. The first kappa shape index (κ1) is 28.0. The molecule has 9 heteroatoms. The first-order valence-electron chi connectivity index (χ1n) is 15.4. The third kappa shape index (κ3) is 5.21. The number of amides is 2. The minimum Gasteiger partial charge on any atom is -0.488 e. The van der Waals surface area contributed by atoms with Gasteiger partial charge in [-0.2, -0.15) is 5.10 Å². The van der Waals surface area contributed by atoms with Gasteiger partial charge in [-0.1, -0.05) is 13.3 Å². The highest BCUT2D eigenvalue weighted by Crippen LogP contribution is 2.49. The molecule has 0 unspecified atom stereocenters. The van der Waals surface area contributed by atoms with Gasteiger partial charge in [-0.15, -0.1) is 0 Å². The van der Waals surface area contributed by atoms with Crippen molar-refractivity contribution in [3.05, 3.63) is 23.9 Å². The molecule has 2 aromatic rings. The van der Waals surface area contributed by atoms with Crippen molar-refractivity contribution in [2.75, 3.05) is 13.7 Å². The van der Waals surface area contributed by atoms with E-state index >= 15 is 0 Å². The van der Waals surface area contributed by atoms with Gasteiger partial charge in [0.05, 0.1) is 30.7 Å². The molecule has 4 fully saturated rings. The third-order valence-corrected chi connectivity index (χ3v) is 10.8. The Morgan fingerprint density at radius 2 is 1.78 bits per heavy atom. The summed E-state index contributed by atoms with van der Waals surface area (Å²) < 4.78 is 13.3. The number of nitrogens with one attached hydrogen (secondary N) is 2. The Labute approximate surface area is 242 Å². The molecule has 0 saturated heterocycles. The first-order valence-corrected chi connectivity index (χ1v) is 15.4. The van der Waals surface area contributed by atoms with E-state index in [-0.39, 0.29) is 41.3 Å². The summed E-state index contributed by atoms with van der Waals surface area (Å²) >= 11 is 0. The number of nitrogens with zero attached hydrogens (tertiary/aromatic N) is 2. The van der Waals surface area contributed by atoms with Gasteiger partial charge in [-0.3, -0.25) is 19.1 Å². The molecule has 1 heterocycles. The van der Waals surface area contributed by atoms with Crippen molar-refractivity contribution in [2.24, 2.45) is 35.6 Å². The van der Waals surface area contributed by atoms with Gasteiger partial charge < -0.3 is 20.1 Å². The van der Waals surface area contributed by atoms with Crippen LogP contribution in [0.25, 0.3) is 10.9 Å². The highest BCUT2D eigenvalue weighted by Gasteiger charge is 2.51. The number of aromatic nitrogens is 2. The second-order valence-corrected chi connectivity index (χ2v) is 13.8. The minimum absolute atomic E-state index is 0.0692. The van der Waals surface area contributed by atoms with Crippen molar-refractivity contribution < 1.29 is 23.9 Å². The fraction of sp³-hybridized carbons (Fsp3) is 0.688. The lowest BCUT2D eigenvalue weighted by Crippen LogP contribution is -2.51. The molecule has 0 aliphatic heterocycles. The maximum atomic E-state index is 13.7. The average Bonchev–Trinajstić information content (AvgIpc) is 3.66. The van der Waals surface area contributed by atoms with Crippen molar-refractivity contribution >= 4 is 28.7 Å². The number of hydrogen-bond acceptors (Lipinski definition) is 6. The number of aryl methyl sites for hydroxylation is 1. The van der Waals surface area contributed by atoms with Crippen LogP contribution >= 0.6 is 0 Å². The van der Waals surface area contributed by atoms with E-state index < -0.39 is 5.41 Å².